The zero-order valence-corrected chi connectivity index (χ0v) is 11.8. The van der Waals surface area contributed by atoms with Crippen LogP contribution in [-0.4, -0.2) is 59.4 Å². The second-order valence-corrected chi connectivity index (χ2v) is 6.18. The lowest BCUT2D eigenvalue weighted by atomic mass is 9.78. The van der Waals surface area contributed by atoms with Crippen molar-refractivity contribution in [2.24, 2.45) is 11.8 Å². The zero-order chi connectivity index (χ0) is 14.4. The predicted molar refractivity (Wildman–Crippen MR) is 69.1 cm³/mol. The summed E-state index contributed by atoms with van der Waals surface area (Å²) in [5.41, 5.74) is 0. The van der Waals surface area contributed by atoms with Gasteiger partial charge in [-0.05, 0) is 26.7 Å². The molecule has 0 aromatic rings. The molecule has 6 atom stereocenters. The van der Waals surface area contributed by atoms with Crippen LogP contribution in [0, 0.1) is 11.8 Å². The van der Waals surface area contributed by atoms with Crippen LogP contribution < -0.4 is 0 Å². The maximum absolute atomic E-state index is 12.7. The van der Waals surface area contributed by atoms with Gasteiger partial charge in [0.2, 0.25) is 5.91 Å². The van der Waals surface area contributed by atoms with Crippen LogP contribution in [0.2, 0.25) is 0 Å². The van der Waals surface area contributed by atoms with E-state index in [4.69, 9.17) is 9.47 Å². The van der Waals surface area contributed by atoms with Gasteiger partial charge < -0.3 is 19.5 Å². The number of rotatable bonds is 2. The van der Waals surface area contributed by atoms with Crippen LogP contribution in [-0.2, 0) is 19.1 Å². The topological polar surface area (TPSA) is 76.1 Å². The molecular formula is C14H21NO5. The summed E-state index contributed by atoms with van der Waals surface area (Å²) in [7, 11) is 0. The fraction of sp³-hybridized carbons (Fsp3) is 0.857. The Morgan fingerprint density at radius 3 is 2.10 bits per heavy atom. The van der Waals surface area contributed by atoms with E-state index in [0.717, 1.165) is 12.8 Å². The van der Waals surface area contributed by atoms with Crippen LogP contribution in [0.25, 0.3) is 0 Å². The predicted octanol–water partition coefficient (Wildman–Crippen LogP) is 0.500. The smallest absolute Gasteiger partial charge is 0.310 e. The Hall–Kier alpha value is -1.14. The molecule has 3 aliphatic heterocycles. The van der Waals surface area contributed by atoms with Crippen molar-refractivity contribution in [3.05, 3.63) is 0 Å². The zero-order valence-electron chi connectivity index (χ0n) is 11.8. The molecule has 0 aliphatic carbocycles. The second kappa shape index (κ2) is 5.00. The SMILES string of the molecule is CC1CN(C(=O)C2C(C(=O)O)[C@H]3CC[C@@H]2O3)CC(C)O1. The minimum atomic E-state index is -0.912. The van der Waals surface area contributed by atoms with Gasteiger partial charge in [-0.1, -0.05) is 0 Å². The Bertz CT molecular complexity index is 416. The molecule has 1 amide bonds. The van der Waals surface area contributed by atoms with Crippen molar-refractivity contribution < 1.29 is 24.2 Å². The Morgan fingerprint density at radius 2 is 1.55 bits per heavy atom. The van der Waals surface area contributed by atoms with Crippen LogP contribution >= 0.6 is 0 Å². The number of ether oxygens (including phenoxy) is 2. The molecule has 3 saturated heterocycles. The van der Waals surface area contributed by atoms with Crippen LogP contribution in [0.15, 0.2) is 0 Å². The number of carbonyl (C=O) groups excluding carboxylic acids is 1. The van der Waals surface area contributed by atoms with Crippen molar-refractivity contribution in [2.45, 2.75) is 51.1 Å². The molecule has 3 aliphatic rings. The highest BCUT2D eigenvalue weighted by Gasteiger charge is 2.56. The third-order valence-electron chi connectivity index (χ3n) is 4.57. The molecule has 6 heteroatoms. The van der Waals surface area contributed by atoms with E-state index in [1.54, 1.807) is 4.90 Å². The highest BCUT2D eigenvalue weighted by molar-refractivity contribution is 5.86. The van der Waals surface area contributed by atoms with Gasteiger partial charge in [-0.3, -0.25) is 9.59 Å². The van der Waals surface area contributed by atoms with E-state index in [9.17, 15) is 14.7 Å². The second-order valence-electron chi connectivity index (χ2n) is 6.18. The monoisotopic (exact) mass is 283 g/mol. The van der Waals surface area contributed by atoms with Gasteiger partial charge in [-0.2, -0.15) is 0 Å². The molecule has 112 valence electrons. The third kappa shape index (κ3) is 2.20. The largest absolute Gasteiger partial charge is 0.481 e. The van der Waals surface area contributed by atoms with Gasteiger partial charge in [-0.15, -0.1) is 0 Å². The number of aliphatic carboxylic acids is 1. The van der Waals surface area contributed by atoms with Gasteiger partial charge in [-0.25, -0.2) is 0 Å². The highest BCUT2D eigenvalue weighted by atomic mass is 16.5. The van der Waals surface area contributed by atoms with Crippen molar-refractivity contribution in [2.75, 3.05) is 13.1 Å². The maximum Gasteiger partial charge on any atom is 0.310 e. The molecule has 3 heterocycles. The van der Waals surface area contributed by atoms with Gasteiger partial charge in [0, 0.05) is 13.1 Å². The maximum atomic E-state index is 12.7. The van der Waals surface area contributed by atoms with Gasteiger partial charge in [0.25, 0.3) is 0 Å². The molecule has 6 nitrogen and oxygen atoms in total. The van der Waals surface area contributed by atoms with Crippen LogP contribution in [0.1, 0.15) is 26.7 Å². The highest BCUT2D eigenvalue weighted by Crippen LogP contribution is 2.44. The number of carboxylic acid groups (broad SMARTS) is 1. The lowest BCUT2D eigenvalue weighted by Crippen LogP contribution is -2.53. The van der Waals surface area contributed by atoms with Crippen molar-refractivity contribution in [3.8, 4) is 0 Å². The number of carboxylic acids is 1. The lowest BCUT2D eigenvalue weighted by Gasteiger charge is -2.38. The summed E-state index contributed by atoms with van der Waals surface area (Å²) in [6.45, 7) is 4.93. The van der Waals surface area contributed by atoms with Gasteiger partial charge in [0.05, 0.1) is 36.3 Å². The fourth-order valence-electron chi connectivity index (χ4n) is 3.87. The molecule has 3 fully saturated rings. The summed E-state index contributed by atoms with van der Waals surface area (Å²) < 4.78 is 11.3. The van der Waals surface area contributed by atoms with Crippen LogP contribution in [0.3, 0.4) is 0 Å². The van der Waals surface area contributed by atoms with Crippen molar-refractivity contribution in [1.29, 1.82) is 0 Å². The number of hydrogen-bond acceptors (Lipinski definition) is 4. The molecular weight excluding hydrogens is 262 g/mol. The van der Waals surface area contributed by atoms with E-state index in [2.05, 4.69) is 0 Å². The standard InChI is InChI=1S/C14H21NO5/c1-7-5-15(6-8(2)19-7)13(16)11-9-3-4-10(20-9)12(11)14(17)18/h7-12H,3-6H2,1-2H3,(H,17,18)/t7?,8?,9-,10+,11?,12?/m0/s1. The average Bonchev–Trinajstić information content (AvgIpc) is 2.96. The average molecular weight is 283 g/mol. The lowest BCUT2D eigenvalue weighted by molar-refractivity contribution is -0.156. The molecule has 0 saturated carbocycles. The minimum absolute atomic E-state index is 0.00881. The Morgan fingerprint density at radius 1 is 1.00 bits per heavy atom. The Kier molecular flexibility index (Phi) is 3.46. The Labute approximate surface area is 118 Å². The number of nitrogens with zero attached hydrogens (tertiary/aromatic N) is 1. The number of hydrogen-bond donors (Lipinski definition) is 1. The molecule has 1 N–H and O–H groups in total. The van der Waals surface area contributed by atoms with Gasteiger partial charge in [0.1, 0.15) is 0 Å². The van der Waals surface area contributed by atoms with E-state index in [-0.39, 0.29) is 30.3 Å². The molecule has 0 spiro atoms. The van der Waals surface area contributed by atoms with E-state index < -0.39 is 17.8 Å². The molecule has 0 aromatic heterocycles. The third-order valence-corrected chi connectivity index (χ3v) is 4.57. The number of fused-ring (bicyclic) bond motifs is 2. The minimum Gasteiger partial charge on any atom is -0.481 e. The van der Waals surface area contributed by atoms with E-state index in [1.807, 2.05) is 13.8 Å². The first kappa shape index (κ1) is 13.8. The molecule has 20 heavy (non-hydrogen) atoms. The summed E-state index contributed by atoms with van der Waals surface area (Å²) in [5, 5.41) is 9.38. The number of morpholine rings is 1. The van der Waals surface area contributed by atoms with Crippen molar-refractivity contribution in [3.63, 3.8) is 0 Å². The van der Waals surface area contributed by atoms with Gasteiger partial charge in [0.15, 0.2) is 0 Å². The molecule has 4 unspecified atom stereocenters. The quantitative estimate of drug-likeness (QED) is 0.798. The summed E-state index contributed by atoms with van der Waals surface area (Å²) in [6.07, 6.45) is 1.02. The van der Waals surface area contributed by atoms with E-state index in [1.165, 1.54) is 0 Å². The van der Waals surface area contributed by atoms with Crippen molar-refractivity contribution >= 4 is 11.9 Å². The molecule has 0 aromatic carbocycles. The van der Waals surface area contributed by atoms with E-state index >= 15 is 0 Å². The van der Waals surface area contributed by atoms with Crippen molar-refractivity contribution in [1.82, 2.24) is 4.90 Å². The number of amides is 1. The van der Waals surface area contributed by atoms with E-state index in [0.29, 0.717) is 13.1 Å². The summed E-state index contributed by atoms with van der Waals surface area (Å²) in [5.74, 6) is -2.20. The summed E-state index contributed by atoms with van der Waals surface area (Å²) >= 11 is 0. The summed E-state index contributed by atoms with van der Waals surface area (Å²) in [6, 6.07) is 0. The molecule has 0 radical (unpaired) electrons. The Balaban J connectivity index is 1.77. The molecule has 3 rings (SSSR count). The fourth-order valence-corrected chi connectivity index (χ4v) is 3.87. The van der Waals surface area contributed by atoms with Gasteiger partial charge >= 0.3 is 5.97 Å². The van der Waals surface area contributed by atoms with Crippen LogP contribution in [0.5, 0.6) is 0 Å². The van der Waals surface area contributed by atoms with Crippen LogP contribution in [0.4, 0.5) is 0 Å². The molecule has 2 bridgehead atoms. The summed E-state index contributed by atoms with van der Waals surface area (Å²) in [4.78, 5) is 25.9. The first-order chi connectivity index (χ1) is 9.47. The number of carbonyl (C=O) groups is 2. The first-order valence-corrected chi connectivity index (χ1v) is 7.30. The first-order valence-electron chi connectivity index (χ1n) is 7.30. The normalized spacial score (nSPS) is 43.8.